The van der Waals surface area contributed by atoms with Crippen LogP contribution < -0.4 is 0 Å². The number of aromatic nitrogens is 4. The molecule has 25 heavy (non-hydrogen) atoms. The Kier molecular flexibility index (Phi) is 5.15. The topological polar surface area (TPSA) is 121 Å². The van der Waals surface area contributed by atoms with E-state index < -0.39 is 10.9 Å². The molecule has 0 spiro atoms. The average Bonchev–Trinajstić information content (AvgIpc) is 3.05. The number of esters is 1. The van der Waals surface area contributed by atoms with E-state index in [0.29, 0.717) is 0 Å². The molecule has 0 N–H and O–H groups in total. The third-order valence-corrected chi connectivity index (χ3v) is 3.19. The number of aliphatic imine (C=N–C) groups is 1. The lowest BCUT2D eigenvalue weighted by Crippen LogP contribution is -2.11. The molecule has 0 saturated heterocycles. The minimum atomic E-state index is -0.610. The molecule has 0 radical (unpaired) electrons. The molecular formula is C14H19N7O4. The number of hydrogen-bond donors (Lipinski definition) is 0. The van der Waals surface area contributed by atoms with Gasteiger partial charge in [0.05, 0.1) is 24.1 Å². The Bertz CT molecular complexity index is 835. The molecule has 0 aliphatic carbocycles. The lowest BCUT2D eigenvalue weighted by Gasteiger charge is -2.07. The third-order valence-electron chi connectivity index (χ3n) is 3.19. The first-order valence-corrected chi connectivity index (χ1v) is 7.42. The molecule has 11 heteroatoms. The zero-order valence-corrected chi connectivity index (χ0v) is 14.6. The van der Waals surface area contributed by atoms with Crippen LogP contribution in [0.25, 0.3) is 5.82 Å². The van der Waals surface area contributed by atoms with Gasteiger partial charge in [0, 0.05) is 21.1 Å². The van der Waals surface area contributed by atoms with Gasteiger partial charge in [-0.3, -0.25) is 10.1 Å². The zero-order chi connectivity index (χ0) is 18.7. The normalized spacial score (nSPS) is 11.1. The van der Waals surface area contributed by atoms with E-state index in [0.717, 1.165) is 0 Å². The second kappa shape index (κ2) is 7.11. The fraction of sp³-hybridized carbons (Fsp3) is 0.429. The minimum absolute atomic E-state index is 0.101. The summed E-state index contributed by atoms with van der Waals surface area (Å²) in [5.74, 6) is -0.386. The Labute approximate surface area is 143 Å². The Morgan fingerprint density at radius 2 is 2.20 bits per heavy atom. The fourth-order valence-electron chi connectivity index (χ4n) is 2.23. The van der Waals surface area contributed by atoms with Gasteiger partial charge in [-0.05, 0) is 13.8 Å². The van der Waals surface area contributed by atoms with Crippen LogP contribution in [-0.2, 0) is 11.8 Å². The first-order valence-electron chi connectivity index (χ1n) is 7.42. The molecule has 0 amide bonds. The van der Waals surface area contributed by atoms with Crippen LogP contribution in [0.5, 0.6) is 0 Å². The largest absolute Gasteiger partial charge is 0.462 e. The Morgan fingerprint density at radius 3 is 2.76 bits per heavy atom. The van der Waals surface area contributed by atoms with Crippen molar-refractivity contribution in [3.63, 3.8) is 0 Å². The molecule has 0 bridgehead atoms. The van der Waals surface area contributed by atoms with E-state index in [4.69, 9.17) is 4.74 Å². The molecule has 0 atom stereocenters. The number of ether oxygens (including phenoxy) is 1. The molecule has 0 fully saturated rings. The van der Waals surface area contributed by atoms with Gasteiger partial charge >= 0.3 is 11.7 Å². The molecule has 2 aromatic heterocycles. The van der Waals surface area contributed by atoms with Gasteiger partial charge in [-0.2, -0.15) is 14.9 Å². The van der Waals surface area contributed by atoms with Gasteiger partial charge < -0.3 is 9.64 Å². The minimum Gasteiger partial charge on any atom is -0.462 e. The molecule has 0 aromatic carbocycles. The summed E-state index contributed by atoms with van der Waals surface area (Å²) in [6.07, 6.45) is 2.73. The molecule has 0 aliphatic rings. The van der Waals surface area contributed by atoms with Crippen LogP contribution in [0.1, 0.15) is 23.0 Å². The summed E-state index contributed by atoms with van der Waals surface area (Å²) in [7, 11) is 5.07. The van der Waals surface area contributed by atoms with E-state index in [2.05, 4.69) is 15.2 Å². The summed E-state index contributed by atoms with van der Waals surface area (Å²) in [5.41, 5.74) is 0.133. The van der Waals surface area contributed by atoms with Gasteiger partial charge in [0.25, 0.3) is 0 Å². The van der Waals surface area contributed by atoms with Crippen LogP contribution >= 0.6 is 0 Å². The van der Waals surface area contributed by atoms with Crippen molar-refractivity contribution in [3.8, 4) is 5.82 Å². The maximum atomic E-state index is 12.1. The molecule has 11 nitrogen and oxygen atoms in total. The average molecular weight is 349 g/mol. The van der Waals surface area contributed by atoms with E-state index in [1.807, 2.05) is 0 Å². The van der Waals surface area contributed by atoms with E-state index in [9.17, 15) is 14.9 Å². The van der Waals surface area contributed by atoms with Crippen LogP contribution in [0.15, 0.2) is 11.2 Å². The van der Waals surface area contributed by atoms with Crippen molar-refractivity contribution in [1.82, 2.24) is 24.5 Å². The molecule has 2 heterocycles. The highest BCUT2D eigenvalue weighted by atomic mass is 16.6. The van der Waals surface area contributed by atoms with Crippen LogP contribution in [-0.4, -0.2) is 62.4 Å². The summed E-state index contributed by atoms with van der Waals surface area (Å²) < 4.78 is 7.54. The summed E-state index contributed by atoms with van der Waals surface area (Å²) >= 11 is 0. The maximum Gasteiger partial charge on any atom is 0.343 e. The van der Waals surface area contributed by atoms with E-state index in [1.54, 1.807) is 33.0 Å². The van der Waals surface area contributed by atoms with Gasteiger partial charge in [0.1, 0.15) is 11.3 Å². The van der Waals surface area contributed by atoms with Crippen molar-refractivity contribution < 1.29 is 14.5 Å². The van der Waals surface area contributed by atoms with Crippen molar-refractivity contribution in [2.24, 2.45) is 12.0 Å². The van der Waals surface area contributed by atoms with Gasteiger partial charge in [-0.25, -0.2) is 14.5 Å². The van der Waals surface area contributed by atoms with Crippen molar-refractivity contribution in [2.45, 2.75) is 13.8 Å². The summed E-state index contributed by atoms with van der Waals surface area (Å²) in [5, 5.41) is 19.6. The van der Waals surface area contributed by atoms with Gasteiger partial charge in [-0.1, -0.05) is 0 Å². The van der Waals surface area contributed by atoms with Crippen LogP contribution in [0.4, 0.5) is 11.5 Å². The fourth-order valence-corrected chi connectivity index (χ4v) is 2.23. The highest BCUT2D eigenvalue weighted by Gasteiger charge is 2.30. The highest BCUT2D eigenvalue weighted by molar-refractivity contribution is 5.94. The zero-order valence-electron chi connectivity index (χ0n) is 14.6. The molecule has 0 saturated carbocycles. The van der Waals surface area contributed by atoms with Gasteiger partial charge in [0.15, 0.2) is 5.82 Å². The first-order chi connectivity index (χ1) is 11.8. The standard InChI is InChI=1S/C14H19N7O4/c1-6-25-14(22)10-7-16-20(12(10)15-8-18(3)4)13-11(21(23)24)9(2)17-19(13)5/h7-8H,6H2,1-5H3/b15-8-. The summed E-state index contributed by atoms with van der Waals surface area (Å²) in [6.45, 7) is 3.40. The molecular weight excluding hydrogens is 330 g/mol. The first kappa shape index (κ1) is 18.1. The van der Waals surface area contributed by atoms with Gasteiger partial charge in [0.2, 0.25) is 5.82 Å². The number of rotatable bonds is 6. The lowest BCUT2D eigenvalue weighted by molar-refractivity contribution is -0.385. The smallest absolute Gasteiger partial charge is 0.343 e. The number of nitro groups is 1. The monoisotopic (exact) mass is 349 g/mol. The predicted octanol–water partition coefficient (Wildman–Crippen LogP) is 1.22. The van der Waals surface area contributed by atoms with Crippen LogP contribution in [0.2, 0.25) is 0 Å². The second-order valence-electron chi connectivity index (χ2n) is 5.36. The van der Waals surface area contributed by atoms with Gasteiger partial charge in [-0.15, -0.1) is 0 Å². The molecule has 2 rings (SSSR count). The van der Waals surface area contributed by atoms with Crippen LogP contribution in [0.3, 0.4) is 0 Å². The SMILES string of the molecule is CCOC(=O)c1cnn(-c2c([N+](=O)[O-])c(C)nn2C)c1/N=C\N(C)C. The van der Waals surface area contributed by atoms with E-state index >= 15 is 0 Å². The number of nitrogens with zero attached hydrogens (tertiary/aromatic N) is 7. The Hall–Kier alpha value is -3.24. The van der Waals surface area contributed by atoms with Crippen molar-refractivity contribution in [3.05, 3.63) is 27.6 Å². The van der Waals surface area contributed by atoms with Crippen molar-refractivity contribution in [2.75, 3.05) is 20.7 Å². The molecule has 0 unspecified atom stereocenters. The molecule has 0 aliphatic heterocycles. The highest BCUT2D eigenvalue weighted by Crippen LogP contribution is 2.31. The molecule has 134 valence electrons. The number of hydrogen-bond acceptors (Lipinski definition) is 7. The van der Waals surface area contributed by atoms with Crippen LogP contribution in [0, 0.1) is 17.0 Å². The quantitative estimate of drug-likeness (QED) is 0.253. The number of carbonyl (C=O) groups is 1. The maximum absolute atomic E-state index is 12.1. The predicted molar refractivity (Wildman–Crippen MR) is 89.5 cm³/mol. The van der Waals surface area contributed by atoms with Crippen molar-refractivity contribution in [1.29, 1.82) is 0 Å². The summed E-state index contributed by atoms with van der Waals surface area (Å²) in [4.78, 5) is 28.9. The number of carbonyl (C=O) groups excluding carboxylic acids is 1. The van der Waals surface area contributed by atoms with E-state index in [1.165, 1.54) is 28.8 Å². The third kappa shape index (κ3) is 3.49. The second-order valence-corrected chi connectivity index (χ2v) is 5.36. The van der Waals surface area contributed by atoms with Crippen molar-refractivity contribution >= 4 is 23.8 Å². The Balaban J connectivity index is 2.71. The summed E-state index contributed by atoms with van der Waals surface area (Å²) in [6, 6.07) is 0. The number of aryl methyl sites for hydroxylation is 2. The lowest BCUT2D eigenvalue weighted by atomic mass is 10.3. The molecule has 2 aromatic rings. The Morgan fingerprint density at radius 1 is 1.52 bits per heavy atom. The van der Waals surface area contributed by atoms with E-state index in [-0.39, 0.29) is 35.2 Å².